The van der Waals surface area contributed by atoms with Crippen molar-refractivity contribution in [3.05, 3.63) is 35.4 Å². The summed E-state index contributed by atoms with van der Waals surface area (Å²) in [6, 6.07) is 8.37. The number of hydrogen-bond acceptors (Lipinski definition) is 1. The summed E-state index contributed by atoms with van der Waals surface area (Å²) in [5.74, 6) is 0.190. The molecule has 0 atom stereocenters. The average Bonchev–Trinajstić information content (AvgIpc) is 2.34. The lowest BCUT2D eigenvalue weighted by Gasteiger charge is -2.40. The number of halogens is 3. The Bertz CT molecular complexity index is 481. The summed E-state index contributed by atoms with van der Waals surface area (Å²) < 4.78 is 22.6. The van der Waals surface area contributed by atoms with Gasteiger partial charge in [0.1, 0.15) is 0 Å². The van der Waals surface area contributed by atoms with E-state index in [0.29, 0.717) is 19.0 Å². The fraction of sp³-hybridized carbons (Fsp3) is 0.533. The third kappa shape index (κ3) is 4.14. The van der Waals surface area contributed by atoms with Crippen LogP contribution in [0.25, 0.3) is 0 Å². The Kier molecular flexibility index (Phi) is 4.99. The number of carbonyl (C=O) groups excluding carboxylic acids is 1. The number of aryl methyl sites for hydroxylation is 1. The lowest BCUT2D eigenvalue weighted by atomic mass is 9.90. The van der Waals surface area contributed by atoms with Gasteiger partial charge in [0.05, 0.1) is 0 Å². The Morgan fingerprint density at radius 3 is 2.75 bits per heavy atom. The molecule has 0 bridgehead atoms. The number of alkyl halides is 3. The molecule has 1 saturated heterocycles. The first kappa shape index (κ1) is 15.7. The van der Waals surface area contributed by atoms with Gasteiger partial charge >= 0.3 is 0 Å². The van der Waals surface area contributed by atoms with E-state index in [4.69, 9.17) is 0 Å². The number of rotatable bonds is 5. The van der Waals surface area contributed by atoms with Gasteiger partial charge in [-0.3, -0.25) is 4.79 Å². The maximum absolute atomic E-state index is 12.7. The van der Waals surface area contributed by atoms with Crippen molar-refractivity contribution in [3.8, 4) is 0 Å². The molecule has 1 aromatic carbocycles. The number of hydrogen-bond donors (Lipinski definition) is 0. The third-order valence-electron chi connectivity index (χ3n) is 3.69. The summed E-state index contributed by atoms with van der Waals surface area (Å²) in [5, 5.41) is 0. The zero-order valence-electron chi connectivity index (χ0n) is 11.4. The molecule has 0 unspecified atom stereocenters. The smallest absolute Gasteiger partial charge is 0.297 e. The van der Waals surface area contributed by atoms with Crippen LogP contribution in [0.5, 0.6) is 0 Å². The van der Waals surface area contributed by atoms with Crippen LogP contribution in [0.2, 0.25) is 0 Å². The summed E-state index contributed by atoms with van der Waals surface area (Å²) in [6.45, 7) is 3.41. The highest BCUT2D eigenvalue weighted by atomic mass is 127. The van der Waals surface area contributed by atoms with E-state index in [2.05, 4.69) is 25.1 Å². The molecule has 1 amide bonds. The summed E-state index contributed by atoms with van der Waals surface area (Å²) in [7, 11) is 0. The minimum Gasteiger partial charge on any atom is -0.341 e. The maximum Gasteiger partial charge on any atom is 0.297 e. The van der Waals surface area contributed by atoms with Gasteiger partial charge in [0.15, 0.2) is 0 Å². The van der Waals surface area contributed by atoms with E-state index < -0.39 is 3.93 Å². The molecule has 0 aromatic heterocycles. The van der Waals surface area contributed by atoms with Gasteiger partial charge in [0, 0.05) is 31.8 Å². The van der Waals surface area contributed by atoms with Crippen LogP contribution in [0.15, 0.2) is 24.3 Å². The van der Waals surface area contributed by atoms with Crippen molar-refractivity contribution in [1.82, 2.24) is 4.90 Å². The average molecular weight is 393 g/mol. The quantitative estimate of drug-likeness (QED) is 0.548. The van der Waals surface area contributed by atoms with Crippen LogP contribution in [0.4, 0.5) is 8.78 Å². The molecule has 1 fully saturated rings. The largest absolute Gasteiger partial charge is 0.341 e. The second kappa shape index (κ2) is 6.37. The molecule has 5 heteroatoms. The number of amides is 1. The first-order valence-electron chi connectivity index (χ1n) is 6.82. The van der Waals surface area contributed by atoms with Crippen molar-refractivity contribution in [2.45, 2.75) is 36.0 Å². The number of benzene rings is 1. The highest BCUT2D eigenvalue weighted by Crippen LogP contribution is 2.31. The molecule has 1 aromatic rings. The first-order chi connectivity index (χ1) is 9.39. The Balaban J connectivity index is 1.83. The van der Waals surface area contributed by atoms with Gasteiger partial charge in [-0.25, -0.2) is 0 Å². The third-order valence-corrected chi connectivity index (χ3v) is 4.23. The van der Waals surface area contributed by atoms with Gasteiger partial charge < -0.3 is 4.90 Å². The number of nitrogens with zero attached hydrogens (tertiary/aromatic N) is 1. The summed E-state index contributed by atoms with van der Waals surface area (Å²) in [6.07, 6.45) is 0.546. The molecule has 0 aliphatic carbocycles. The van der Waals surface area contributed by atoms with Crippen LogP contribution < -0.4 is 0 Å². The van der Waals surface area contributed by atoms with Crippen LogP contribution in [-0.2, 0) is 11.2 Å². The van der Waals surface area contributed by atoms with Gasteiger partial charge in [-0.1, -0.05) is 31.2 Å². The molecule has 20 heavy (non-hydrogen) atoms. The second-order valence-corrected chi connectivity index (χ2v) is 6.79. The lowest BCUT2D eigenvalue weighted by molar-refractivity contribution is -0.136. The Hall–Kier alpha value is -0.720. The van der Waals surface area contributed by atoms with Crippen LogP contribution in [0.1, 0.15) is 36.8 Å². The minimum atomic E-state index is -2.78. The zero-order chi connectivity index (χ0) is 14.8. The van der Waals surface area contributed by atoms with Crippen molar-refractivity contribution >= 4 is 28.5 Å². The van der Waals surface area contributed by atoms with Gasteiger partial charge in [-0.05, 0) is 40.1 Å². The summed E-state index contributed by atoms with van der Waals surface area (Å²) in [4.78, 5) is 13.4. The van der Waals surface area contributed by atoms with Crippen molar-refractivity contribution in [2.75, 3.05) is 13.1 Å². The van der Waals surface area contributed by atoms with Crippen LogP contribution in [0, 0.1) is 0 Å². The highest BCUT2D eigenvalue weighted by Gasteiger charge is 2.33. The van der Waals surface area contributed by atoms with E-state index >= 15 is 0 Å². The van der Waals surface area contributed by atoms with E-state index in [0.717, 1.165) is 29.0 Å². The molecule has 1 aliphatic heterocycles. The maximum atomic E-state index is 12.7. The molecule has 2 nitrogen and oxygen atoms in total. The first-order valence-corrected chi connectivity index (χ1v) is 7.90. The van der Waals surface area contributed by atoms with Gasteiger partial charge in [0.2, 0.25) is 5.91 Å². The molecule has 0 radical (unpaired) electrons. The molecule has 0 saturated carbocycles. The normalized spacial score (nSPS) is 16.1. The molecule has 0 spiro atoms. The SMILES string of the molecule is CCc1cccc(C2CN(C(=O)CCC(F)(F)I)C2)c1. The van der Waals surface area contributed by atoms with Crippen molar-refractivity contribution in [2.24, 2.45) is 0 Å². The molecule has 1 heterocycles. The topological polar surface area (TPSA) is 20.3 Å². The van der Waals surface area contributed by atoms with Crippen LogP contribution >= 0.6 is 22.6 Å². The second-order valence-electron chi connectivity index (χ2n) is 5.21. The zero-order valence-corrected chi connectivity index (χ0v) is 13.6. The monoisotopic (exact) mass is 393 g/mol. The fourth-order valence-corrected chi connectivity index (χ4v) is 2.64. The van der Waals surface area contributed by atoms with E-state index in [-0.39, 0.29) is 18.7 Å². The van der Waals surface area contributed by atoms with Crippen molar-refractivity contribution in [1.29, 1.82) is 0 Å². The van der Waals surface area contributed by atoms with Gasteiger partial charge in [0.25, 0.3) is 3.93 Å². The van der Waals surface area contributed by atoms with E-state index in [9.17, 15) is 13.6 Å². The lowest BCUT2D eigenvalue weighted by Crippen LogP contribution is -2.48. The summed E-state index contributed by atoms with van der Waals surface area (Å²) in [5.41, 5.74) is 2.53. The van der Waals surface area contributed by atoms with Crippen molar-refractivity contribution < 1.29 is 13.6 Å². The Morgan fingerprint density at radius 1 is 1.45 bits per heavy atom. The number of carbonyl (C=O) groups is 1. The molecular formula is C15H18F2INO. The molecule has 1 aliphatic rings. The fourth-order valence-electron chi connectivity index (χ4n) is 2.37. The molecule has 2 rings (SSSR count). The predicted molar refractivity (Wildman–Crippen MR) is 83.3 cm³/mol. The summed E-state index contributed by atoms with van der Waals surface area (Å²) >= 11 is 1.08. The van der Waals surface area contributed by atoms with E-state index in [1.165, 1.54) is 11.1 Å². The minimum absolute atomic E-state index is 0.0718. The molecule has 0 N–H and O–H groups in total. The molecular weight excluding hydrogens is 375 g/mol. The highest BCUT2D eigenvalue weighted by molar-refractivity contribution is 14.1. The standard InChI is InChI=1S/C15H18F2INO/c1-2-11-4-3-5-12(8-11)13-9-19(10-13)14(20)6-7-15(16,17)18/h3-5,8,13H,2,6-7,9-10H2,1H3. The molecule has 110 valence electrons. The van der Waals surface area contributed by atoms with Gasteiger partial charge in [-0.15, -0.1) is 0 Å². The predicted octanol–water partition coefficient (Wildman–Crippen LogP) is 3.98. The van der Waals surface area contributed by atoms with E-state index in [1.54, 1.807) is 4.90 Å². The van der Waals surface area contributed by atoms with Gasteiger partial charge in [-0.2, -0.15) is 8.78 Å². The van der Waals surface area contributed by atoms with E-state index in [1.807, 2.05) is 6.07 Å². The van der Waals surface area contributed by atoms with Crippen LogP contribution in [0.3, 0.4) is 0 Å². The number of likely N-dealkylation sites (tertiary alicyclic amines) is 1. The Morgan fingerprint density at radius 2 is 2.15 bits per heavy atom. The van der Waals surface area contributed by atoms with Crippen LogP contribution in [-0.4, -0.2) is 27.8 Å². The Labute approximate surface area is 131 Å². The van der Waals surface area contributed by atoms with Crippen molar-refractivity contribution in [3.63, 3.8) is 0 Å².